The Bertz CT molecular complexity index is 612. The first-order valence-electron chi connectivity index (χ1n) is 8.69. The van der Waals surface area contributed by atoms with Crippen LogP contribution in [0.1, 0.15) is 33.3 Å². The zero-order valence-corrected chi connectivity index (χ0v) is 16.2. The number of esters is 1. The molecule has 1 atom stereocenters. The molecule has 0 aromatic heterocycles. The predicted molar refractivity (Wildman–Crippen MR) is 98.9 cm³/mol. The van der Waals surface area contributed by atoms with Gasteiger partial charge in [-0.15, -0.1) is 0 Å². The number of hydrogen-bond donors (Lipinski definition) is 2. The molecule has 8 nitrogen and oxygen atoms in total. The Kier molecular flexibility index (Phi) is 9.29. The molecule has 0 aliphatic rings. The molecule has 0 aliphatic heterocycles. The SMILES string of the molecule is CC(=O)OCCNC(=O)[C@@H](COCc1ccccc1)NC(=O)OC(C)(C)C. The summed E-state index contributed by atoms with van der Waals surface area (Å²) in [7, 11) is 0. The van der Waals surface area contributed by atoms with Gasteiger partial charge in [-0.2, -0.15) is 0 Å². The van der Waals surface area contributed by atoms with Gasteiger partial charge >= 0.3 is 12.1 Å². The molecule has 0 saturated carbocycles. The second-order valence-electron chi connectivity index (χ2n) is 6.83. The molecule has 1 aromatic rings. The Morgan fingerprint density at radius 3 is 2.37 bits per heavy atom. The lowest BCUT2D eigenvalue weighted by Crippen LogP contribution is -2.51. The predicted octanol–water partition coefficient (Wildman–Crippen LogP) is 1.78. The van der Waals surface area contributed by atoms with Gasteiger partial charge in [-0.05, 0) is 26.3 Å². The van der Waals surface area contributed by atoms with Gasteiger partial charge in [-0.3, -0.25) is 9.59 Å². The van der Waals surface area contributed by atoms with Crippen LogP contribution >= 0.6 is 0 Å². The monoisotopic (exact) mass is 380 g/mol. The van der Waals surface area contributed by atoms with Crippen LogP contribution in [0.2, 0.25) is 0 Å². The van der Waals surface area contributed by atoms with Crippen LogP contribution in [-0.4, -0.2) is 49.4 Å². The van der Waals surface area contributed by atoms with Crippen molar-refractivity contribution in [1.82, 2.24) is 10.6 Å². The minimum absolute atomic E-state index is 0.0342. The number of alkyl carbamates (subject to hydrolysis) is 1. The van der Waals surface area contributed by atoms with Gasteiger partial charge in [0.05, 0.1) is 19.8 Å². The molecule has 0 aliphatic carbocycles. The Morgan fingerprint density at radius 1 is 1.11 bits per heavy atom. The number of benzene rings is 1. The fraction of sp³-hybridized carbons (Fsp3) is 0.526. The first-order valence-corrected chi connectivity index (χ1v) is 8.69. The molecule has 0 bridgehead atoms. The van der Waals surface area contributed by atoms with Crippen LogP contribution in [-0.2, 0) is 30.4 Å². The molecule has 0 radical (unpaired) electrons. The molecular weight excluding hydrogens is 352 g/mol. The van der Waals surface area contributed by atoms with E-state index in [9.17, 15) is 14.4 Å². The summed E-state index contributed by atoms with van der Waals surface area (Å²) in [6.45, 7) is 6.91. The Balaban J connectivity index is 2.57. The first kappa shape index (κ1) is 22.4. The third-order valence-corrected chi connectivity index (χ3v) is 3.11. The highest BCUT2D eigenvalue weighted by atomic mass is 16.6. The third-order valence-electron chi connectivity index (χ3n) is 3.11. The second-order valence-corrected chi connectivity index (χ2v) is 6.83. The van der Waals surface area contributed by atoms with Gasteiger partial charge < -0.3 is 24.8 Å². The van der Waals surface area contributed by atoms with Gasteiger partial charge in [0.2, 0.25) is 5.91 Å². The molecule has 8 heteroatoms. The smallest absolute Gasteiger partial charge is 0.408 e. The van der Waals surface area contributed by atoms with E-state index in [0.717, 1.165) is 5.56 Å². The minimum Gasteiger partial charge on any atom is -0.464 e. The average molecular weight is 380 g/mol. The molecule has 0 saturated heterocycles. The van der Waals surface area contributed by atoms with Crippen LogP contribution in [0.3, 0.4) is 0 Å². The summed E-state index contributed by atoms with van der Waals surface area (Å²) in [6.07, 6.45) is -0.717. The largest absolute Gasteiger partial charge is 0.464 e. The summed E-state index contributed by atoms with van der Waals surface area (Å²) in [5.41, 5.74) is 0.259. The highest BCUT2D eigenvalue weighted by molar-refractivity contribution is 5.85. The molecule has 0 fully saturated rings. The van der Waals surface area contributed by atoms with E-state index in [1.807, 2.05) is 30.3 Å². The fourth-order valence-electron chi connectivity index (χ4n) is 1.99. The maximum atomic E-state index is 12.3. The zero-order valence-electron chi connectivity index (χ0n) is 16.2. The van der Waals surface area contributed by atoms with Crippen molar-refractivity contribution in [2.45, 2.75) is 45.9 Å². The molecule has 2 amide bonds. The topological polar surface area (TPSA) is 103 Å². The van der Waals surface area contributed by atoms with E-state index in [0.29, 0.717) is 6.61 Å². The molecular formula is C19H28N2O6. The summed E-state index contributed by atoms with van der Waals surface area (Å²) in [5.74, 6) is -0.889. The van der Waals surface area contributed by atoms with Crippen molar-refractivity contribution in [2.24, 2.45) is 0 Å². The lowest BCUT2D eigenvalue weighted by molar-refractivity contribution is -0.141. The summed E-state index contributed by atoms with van der Waals surface area (Å²) >= 11 is 0. The Hall–Kier alpha value is -2.61. The van der Waals surface area contributed by atoms with Crippen molar-refractivity contribution in [3.63, 3.8) is 0 Å². The van der Waals surface area contributed by atoms with E-state index in [2.05, 4.69) is 10.6 Å². The Morgan fingerprint density at radius 2 is 1.78 bits per heavy atom. The van der Waals surface area contributed by atoms with E-state index in [1.165, 1.54) is 6.92 Å². The highest BCUT2D eigenvalue weighted by Gasteiger charge is 2.24. The number of rotatable bonds is 9. The number of carbonyl (C=O) groups excluding carboxylic acids is 3. The molecule has 1 aromatic carbocycles. The van der Waals surface area contributed by atoms with E-state index >= 15 is 0 Å². The molecule has 2 N–H and O–H groups in total. The van der Waals surface area contributed by atoms with Crippen LogP contribution in [0.25, 0.3) is 0 Å². The van der Waals surface area contributed by atoms with Gasteiger partial charge in [0.15, 0.2) is 0 Å². The molecule has 1 rings (SSSR count). The van der Waals surface area contributed by atoms with Gasteiger partial charge in [0.25, 0.3) is 0 Å². The lowest BCUT2D eigenvalue weighted by atomic mass is 10.2. The number of nitrogens with one attached hydrogen (secondary N) is 2. The summed E-state index contributed by atoms with van der Waals surface area (Å²) in [5, 5.41) is 5.09. The maximum Gasteiger partial charge on any atom is 0.408 e. The lowest BCUT2D eigenvalue weighted by Gasteiger charge is -2.23. The highest BCUT2D eigenvalue weighted by Crippen LogP contribution is 2.07. The van der Waals surface area contributed by atoms with E-state index in [4.69, 9.17) is 14.2 Å². The van der Waals surface area contributed by atoms with Crippen LogP contribution in [0.15, 0.2) is 30.3 Å². The third kappa shape index (κ3) is 10.9. The van der Waals surface area contributed by atoms with Crippen LogP contribution in [0.4, 0.5) is 4.79 Å². The van der Waals surface area contributed by atoms with Crippen molar-refractivity contribution < 1.29 is 28.6 Å². The van der Waals surface area contributed by atoms with Crippen LogP contribution in [0.5, 0.6) is 0 Å². The fourth-order valence-corrected chi connectivity index (χ4v) is 1.99. The summed E-state index contributed by atoms with van der Waals surface area (Å²) in [4.78, 5) is 35.1. The van der Waals surface area contributed by atoms with Gasteiger partial charge in [0.1, 0.15) is 18.2 Å². The standard InChI is InChI=1S/C19H28N2O6/c1-14(22)26-11-10-20-17(23)16(21-18(24)27-19(2,3)4)13-25-12-15-8-6-5-7-9-15/h5-9,16H,10-13H2,1-4H3,(H,20,23)(H,21,24)/t16-/m1/s1. The normalized spacial score (nSPS) is 12.0. The summed E-state index contributed by atoms with van der Waals surface area (Å²) in [6, 6.07) is 8.52. The van der Waals surface area contributed by atoms with Crippen molar-refractivity contribution in [2.75, 3.05) is 19.8 Å². The first-order chi connectivity index (χ1) is 12.7. The quantitative estimate of drug-likeness (QED) is 0.500. The minimum atomic E-state index is -0.944. The molecule has 0 spiro atoms. The molecule has 0 heterocycles. The maximum absolute atomic E-state index is 12.3. The van der Waals surface area contributed by atoms with Gasteiger partial charge in [-0.25, -0.2) is 4.79 Å². The van der Waals surface area contributed by atoms with Crippen molar-refractivity contribution >= 4 is 18.0 Å². The molecule has 0 unspecified atom stereocenters. The van der Waals surface area contributed by atoms with Gasteiger partial charge in [0, 0.05) is 6.92 Å². The number of hydrogen-bond acceptors (Lipinski definition) is 6. The number of ether oxygens (including phenoxy) is 3. The molecule has 150 valence electrons. The Labute approximate surface area is 159 Å². The van der Waals surface area contributed by atoms with Crippen molar-refractivity contribution in [3.05, 3.63) is 35.9 Å². The average Bonchev–Trinajstić information content (AvgIpc) is 2.56. The van der Waals surface area contributed by atoms with Gasteiger partial charge in [-0.1, -0.05) is 30.3 Å². The van der Waals surface area contributed by atoms with Crippen molar-refractivity contribution in [1.29, 1.82) is 0 Å². The number of amides is 2. The van der Waals surface area contributed by atoms with E-state index < -0.39 is 29.6 Å². The molecule has 27 heavy (non-hydrogen) atoms. The van der Waals surface area contributed by atoms with Crippen LogP contribution < -0.4 is 10.6 Å². The van der Waals surface area contributed by atoms with E-state index in [1.54, 1.807) is 20.8 Å². The second kappa shape index (κ2) is 11.2. The number of carbonyl (C=O) groups is 3. The van der Waals surface area contributed by atoms with E-state index in [-0.39, 0.29) is 19.8 Å². The zero-order chi connectivity index (χ0) is 20.3. The van der Waals surface area contributed by atoms with Crippen LogP contribution in [0, 0.1) is 0 Å². The van der Waals surface area contributed by atoms with Crippen molar-refractivity contribution in [3.8, 4) is 0 Å². The summed E-state index contributed by atoms with van der Waals surface area (Å²) < 4.78 is 15.5.